The van der Waals surface area contributed by atoms with Crippen molar-refractivity contribution in [2.24, 2.45) is 16.6 Å². The molecule has 0 radical (unpaired) electrons. The molecule has 0 aliphatic carbocycles. The highest BCUT2D eigenvalue weighted by Gasteiger charge is 2.23. The fraction of sp³-hybridized carbons (Fsp3) is 0.889. The summed E-state index contributed by atoms with van der Waals surface area (Å²) in [5, 5.41) is 3.33. The Bertz CT molecular complexity index is 391. The number of primary amides is 1. The van der Waals surface area contributed by atoms with Crippen LogP contribution in [0.3, 0.4) is 0 Å². The molecule has 1 saturated heterocycles. The number of nitrogens with one attached hydrogen (secondary N) is 1. The van der Waals surface area contributed by atoms with Crippen LogP contribution >= 0.6 is 0 Å². The molecule has 1 rings (SSSR count). The predicted molar refractivity (Wildman–Crippen MR) is 101 cm³/mol. The Morgan fingerprint density at radius 1 is 1.24 bits per heavy atom. The number of piperidine rings is 1. The summed E-state index contributed by atoms with van der Waals surface area (Å²) in [5.41, 5.74) is 5.34. The zero-order valence-corrected chi connectivity index (χ0v) is 16.0. The number of hydrogen-bond acceptors (Lipinski definition) is 4. The molecule has 7 heteroatoms. The van der Waals surface area contributed by atoms with Gasteiger partial charge in [0.05, 0.1) is 26.4 Å². The normalized spacial score (nSPS) is 18.4. The maximum Gasteiger partial charge on any atom is 0.217 e. The van der Waals surface area contributed by atoms with Crippen LogP contribution in [-0.2, 0) is 14.3 Å². The van der Waals surface area contributed by atoms with Gasteiger partial charge in [-0.2, -0.15) is 0 Å². The highest BCUT2D eigenvalue weighted by Crippen LogP contribution is 2.19. The Morgan fingerprint density at radius 3 is 2.68 bits per heavy atom. The van der Waals surface area contributed by atoms with Gasteiger partial charge in [-0.25, -0.2) is 0 Å². The van der Waals surface area contributed by atoms with Crippen molar-refractivity contribution in [2.45, 2.75) is 46.0 Å². The summed E-state index contributed by atoms with van der Waals surface area (Å²) < 4.78 is 11.0. The second-order valence-corrected chi connectivity index (χ2v) is 6.44. The average Bonchev–Trinajstić information content (AvgIpc) is 2.59. The molecule has 1 unspecified atom stereocenters. The maximum atomic E-state index is 11.2. The monoisotopic (exact) mass is 356 g/mol. The van der Waals surface area contributed by atoms with Crippen LogP contribution < -0.4 is 11.1 Å². The third kappa shape index (κ3) is 10.3. The summed E-state index contributed by atoms with van der Waals surface area (Å²) in [6.07, 6.45) is 4.83. The van der Waals surface area contributed by atoms with E-state index in [9.17, 15) is 4.79 Å². The van der Waals surface area contributed by atoms with Gasteiger partial charge in [-0.3, -0.25) is 9.79 Å². The van der Waals surface area contributed by atoms with E-state index in [2.05, 4.69) is 29.1 Å². The summed E-state index contributed by atoms with van der Waals surface area (Å²) in [5.74, 6) is 1.01. The van der Waals surface area contributed by atoms with Gasteiger partial charge in [-0.15, -0.1) is 0 Å². The SMILES string of the molecule is CCCCOCCOCCN=C(NCC)N1CCCC(CC(N)=O)C1. The minimum atomic E-state index is -0.219. The van der Waals surface area contributed by atoms with Crippen LogP contribution in [0.1, 0.15) is 46.0 Å². The number of amides is 1. The van der Waals surface area contributed by atoms with Gasteiger partial charge < -0.3 is 25.4 Å². The minimum Gasteiger partial charge on any atom is -0.379 e. The van der Waals surface area contributed by atoms with Crippen LogP contribution in [0.5, 0.6) is 0 Å². The first kappa shape index (κ1) is 21.7. The zero-order valence-electron chi connectivity index (χ0n) is 16.0. The molecule has 146 valence electrons. The molecule has 3 N–H and O–H groups in total. The molecule has 0 spiro atoms. The Labute approximate surface area is 152 Å². The molecule has 1 fully saturated rings. The zero-order chi connectivity index (χ0) is 18.3. The molecule has 0 aromatic rings. The Balaban J connectivity index is 2.29. The first-order chi connectivity index (χ1) is 12.2. The Kier molecular flexibility index (Phi) is 12.1. The van der Waals surface area contributed by atoms with E-state index < -0.39 is 0 Å². The lowest BCUT2D eigenvalue weighted by atomic mass is 9.95. The summed E-state index contributed by atoms with van der Waals surface area (Å²) in [4.78, 5) is 18.0. The number of ether oxygens (including phenoxy) is 2. The number of hydrogen-bond donors (Lipinski definition) is 2. The molecule has 25 heavy (non-hydrogen) atoms. The molecule has 1 heterocycles. The number of unbranched alkanes of at least 4 members (excludes halogenated alkanes) is 1. The molecule has 7 nitrogen and oxygen atoms in total. The van der Waals surface area contributed by atoms with E-state index in [1.807, 2.05) is 0 Å². The molecule has 1 aliphatic rings. The Hall–Kier alpha value is -1.34. The number of rotatable bonds is 12. The quantitative estimate of drug-likeness (QED) is 0.313. The van der Waals surface area contributed by atoms with Crippen molar-refractivity contribution in [3.63, 3.8) is 0 Å². The van der Waals surface area contributed by atoms with Gasteiger partial charge in [0.2, 0.25) is 5.91 Å². The van der Waals surface area contributed by atoms with Gasteiger partial charge >= 0.3 is 0 Å². The minimum absolute atomic E-state index is 0.219. The standard InChI is InChI=1S/C18H36N4O3/c1-3-5-10-24-12-13-25-11-8-21-18(20-4-2)22-9-6-7-16(15-22)14-17(19)23/h16H,3-15H2,1-2H3,(H2,19,23)(H,20,21). The molecule has 1 aliphatic heterocycles. The lowest BCUT2D eigenvalue weighted by molar-refractivity contribution is -0.119. The molecule has 1 amide bonds. The van der Waals surface area contributed by atoms with Crippen LogP contribution in [0.4, 0.5) is 0 Å². The van der Waals surface area contributed by atoms with E-state index >= 15 is 0 Å². The fourth-order valence-corrected chi connectivity index (χ4v) is 2.92. The third-order valence-electron chi connectivity index (χ3n) is 4.15. The fourth-order valence-electron chi connectivity index (χ4n) is 2.92. The molecular formula is C18H36N4O3. The molecule has 0 saturated carbocycles. The van der Waals surface area contributed by atoms with Crippen LogP contribution in [0.25, 0.3) is 0 Å². The van der Waals surface area contributed by atoms with E-state index in [4.69, 9.17) is 15.2 Å². The molecular weight excluding hydrogens is 320 g/mol. The van der Waals surface area contributed by atoms with Gasteiger partial charge in [0.1, 0.15) is 0 Å². The second-order valence-electron chi connectivity index (χ2n) is 6.44. The van der Waals surface area contributed by atoms with E-state index in [-0.39, 0.29) is 5.91 Å². The topological polar surface area (TPSA) is 89.2 Å². The first-order valence-corrected chi connectivity index (χ1v) is 9.64. The first-order valence-electron chi connectivity index (χ1n) is 9.64. The van der Waals surface area contributed by atoms with E-state index in [1.54, 1.807) is 0 Å². The molecule has 0 aromatic heterocycles. The van der Waals surface area contributed by atoms with Gasteiger partial charge in [0.15, 0.2) is 5.96 Å². The van der Waals surface area contributed by atoms with E-state index in [0.717, 1.165) is 57.9 Å². The molecule has 0 aromatic carbocycles. The largest absolute Gasteiger partial charge is 0.379 e. The highest BCUT2D eigenvalue weighted by molar-refractivity contribution is 5.80. The third-order valence-corrected chi connectivity index (χ3v) is 4.15. The van der Waals surface area contributed by atoms with Gasteiger partial charge in [0, 0.05) is 32.7 Å². The summed E-state index contributed by atoms with van der Waals surface area (Å²) in [7, 11) is 0. The number of nitrogens with two attached hydrogens (primary N) is 1. The highest BCUT2D eigenvalue weighted by atomic mass is 16.5. The number of aliphatic imine (C=N–C) groups is 1. The summed E-state index contributed by atoms with van der Waals surface area (Å²) in [6.45, 7) is 10.1. The van der Waals surface area contributed by atoms with E-state index in [1.165, 1.54) is 0 Å². The smallest absolute Gasteiger partial charge is 0.217 e. The number of guanidine groups is 1. The number of carbonyl (C=O) groups is 1. The van der Waals surface area contributed by atoms with Gasteiger partial charge in [-0.05, 0) is 32.1 Å². The van der Waals surface area contributed by atoms with Crippen molar-refractivity contribution >= 4 is 11.9 Å². The van der Waals surface area contributed by atoms with Gasteiger partial charge in [0.25, 0.3) is 0 Å². The van der Waals surface area contributed by atoms with Gasteiger partial charge in [-0.1, -0.05) is 13.3 Å². The number of nitrogens with zero attached hydrogens (tertiary/aromatic N) is 2. The summed E-state index contributed by atoms with van der Waals surface area (Å²) in [6, 6.07) is 0. The number of likely N-dealkylation sites (tertiary alicyclic amines) is 1. The predicted octanol–water partition coefficient (Wildman–Crippen LogP) is 1.37. The lowest BCUT2D eigenvalue weighted by Gasteiger charge is -2.34. The Morgan fingerprint density at radius 2 is 2.00 bits per heavy atom. The molecule has 1 atom stereocenters. The van der Waals surface area contributed by atoms with Crippen LogP contribution in [0.15, 0.2) is 4.99 Å². The lowest BCUT2D eigenvalue weighted by Crippen LogP contribution is -2.47. The van der Waals surface area contributed by atoms with Crippen molar-refractivity contribution < 1.29 is 14.3 Å². The molecule has 0 bridgehead atoms. The van der Waals surface area contributed by atoms with Crippen molar-refractivity contribution in [3.05, 3.63) is 0 Å². The van der Waals surface area contributed by atoms with Crippen LogP contribution in [-0.4, -0.2) is 69.4 Å². The van der Waals surface area contributed by atoms with Crippen molar-refractivity contribution in [2.75, 3.05) is 52.6 Å². The maximum absolute atomic E-state index is 11.2. The van der Waals surface area contributed by atoms with E-state index in [0.29, 0.717) is 38.7 Å². The van der Waals surface area contributed by atoms with Crippen LogP contribution in [0.2, 0.25) is 0 Å². The van der Waals surface area contributed by atoms with Crippen molar-refractivity contribution in [1.82, 2.24) is 10.2 Å². The second kappa shape index (κ2) is 13.9. The van der Waals surface area contributed by atoms with Crippen molar-refractivity contribution in [1.29, 1.82) is 0 Å². The van der Waals surface area contributed by atoms with Crippen LogP contribution in [0, 0.1) is 5.92 Å². The summed E-state index contributed by atoms with van der Waals surface area (Å²) >= 11 is 0. The van der Waals surface area contributed by atoms with Crippen molar-refractivity contribution in [3.8, 4) is 0 Å². The average molecular weight is 357 g/mol. The number of carbonyl (C=O) groups excluding carboxylic acids is 1.